The minimum Gasteiger partial charge on any atom is -0.310 e. The molecule has 2 unspecified atom stereocenters. The van der Waals surface area contributed by atoms with Crippen LogP contribution in [0.4, 0.5) is 0 Å². The van der Waals surface area contributed by atoms with Crippen LogP contribution in [-0.2, 0) is 29.9 Å². The molecule has 0 aliphatic heterocycles. The van der Waals surface area contributed by atoms with E-state index < -0.39 is 9.84 Å². The Morgan fingerprint density at radius 3 is 2.85 bits per heavy atom. The molecule has 1 N–H and O–H groups in total. The number of sulfone groups is 1. The Hall–Kier alpha value is -0.880. The lowest BCUT2D eigenvalue weighted by Crippen LogP contribution is -2.38. The molecule has 2 rings (SSSR count). The summed E-state index contributed by atoms with van der Waals surface area (Å²) in [4.78, 5) is 0. The number of nitrogens with zero attached hydrogens (tertiary/aromatic N) is 2. The Kier molecular flexibility index (Phi) is 4.86. The molecule has 0 radical (unpaired) electrons. The van der Waals surface area contributed by atoms with Gasteiger partial charge in [0.25, 0.3) is 0 Å². The van der Waals surface area contributed by atoms with Crippen LogP contribution in [0.1, 0.15) is 43.9 Å². The first-order valence-electron chi connectivity index (χ1n) is 7.33. The lowest BCUT2D eigenvalue weighted by Gasteiger charge is -2.28. The fourth-order valence-electron chi connectivity index (χ4n) is 3.00. The van der Waals surface area contributed by atoms with E-state index in [2.05, 4.69) is 17.3 Å². The Morgan fingerprint density at radius 2 is 2.20 bits per heavy atom. The van der Waals surface area contributed by atoms with Gasteiger partial charge in [0.1, 0.15) is 9.84 Å². The number of aryl methyl sites for hydroxylation is 2. The monoisotopic (exact) mass is 299 g/mol. The molecule has 0 bridgehead atoms. The Balaban J connectivity index is 1.93. The SMILES string of the molecule is CCc1nn(C)cc1CNC1CCCC(S(C)(=O)=O)C1. The highest BCUT2D eigenvalue weighted by Gasteiger charge is 2.28. The second-order valence-electron chi connectivity index (χ2n) is 5.82. The summed E-state index contributed by atoms with van der Waals surface area (Å²) in [5, 5.41) is 7.77. The van der Waals surface area contributed by atoms with Gasteiger partial charge in [-0.1, -0.05) is 13.3 Å². The maximum atomic E-state index is 11.7. The molecule has 6 heteroatoms. The Bertz CT molecular complexity index is 551. The van der Waals surface area contributed by atoms with Crippen molar-refractivity contribution in [2.75, 3.05) is 6.26 Å². The normalized spacial score (nSPS) is 23.9. The predicted molar refractivity (Wildman–Crippen MR) is 80.3 cm³/mol. The molecule has 1 aromatic rings. The second kappa shape index (κ2) is 6.26. The van der Waals surface area contributed by atoms with E-state index in [4.69, 9.17) is 0 Å². The summed E-state index contributed by atoms with van der Waals surface area (Å²) in [6, 6.07) is 0.299. The molecular weight excluding hydrogens is 274 g/mol. The van der Waals surface area contributed by atoms with Crippen molar-refractivity contribution in [3.05, 3.63) is 17.5 Å². The molecule has 0 amide bonds. The number of hydrogen-bond donors (Lipinski definition) is 1. The van der Waals surface area contributed by atoms with E-state index in [9.17, 15) is 8.42 Å². The first-order chi connectivity index (χ1) is 9.40. The van der Waals surface area contributed by atoms with Crippen LogP contribution in [-0.4, -0.2) is 35.7 Å². The first kappa shape index (κ1) is 15.5. The van der Waals surface area contributed by atoms with Crippen LogP contribution >= 0.6 is 0 Å². The fourth-order valence-corrected chi connectivity index (χ4v) is 4.18. The highest BCUT2D eigenvalue weighted by atomic mass is 32.2. The summed E-state index contributed by atoms with van der Waals surface area (Å²) in [5.41, 5.74) is 2.34. The van der Waals surface area contributed by atoms with Gasteiger partial charge in [-0.2, -0.15) is 5.10 Å². The van der Waals surface area contributed by atoms with Crippen LogP contribution in [0.25, 0.3) is 0 Å². The molecule has 1 aromatic heterocycles. The zero-order valence-electron chi connectivity index (χ0n) is 12.6. The maximum absolute atomic E-state index is 11.7. The van der Waals surface area contributed by atoms with Crippen molar-refractivity contribution in [1.82, 2.24) is 15.1 Å². The summed E-state index contributed by atoms with van der Waals surface area (Å²) in [5.74, 6) is 0. The molecule has 1 fully saturated rings. The number of hydrogen-bond acceptors (Lipinski definition) is 4. The average Bonchev–Trinajstić information content (AvgIpc) is 2.76. The lowest BCUT2D eigenvalue weighted by molar-refractivity contribution is 0.370. The zero-order valence-corrected chi connectivity index (χ0v) is 13.4. The molecular formula is C14H25N3O2S. The number of nitrogens with one attached hydrogen (secondary N) is 1. The van der Waals surface area contributed by atoms with Crippen molar-refractivity contribution in [3.63, 3.8) is 0 Å². The third-order valence-corrected chi connectivity index (χ3v) is 5.78. The van der Waals surface area contributed by atoms with E-state index in [1.54, 1.807) is 0 Å². The van der Waals surface area contributed by atoms with Gasteiger partial charge in [0.2, 0.25) is 0 Å². The molecule has 0 spiro atoms. The maximum Gasteiger partial charge on any atom is 0.150 e. The van der Waals surface area contributed by atoms with Crippen LogP contribution in [0.2, 0.25) is 0 Å². The van der Waals surface area contributed by atoms with E-state index in [0.717, 1.165) is 44.3 Å². The van der Waals surface area contributed by atoms with Gasteiger partial charge in [-0.3, -0.25) is 4.68 Å². The second-order valence-corrected chi connectivity index (χ2v) is 8.15. The largest absolute Gasteiger partial charge is 0.310 e. The molecule has 0 saturated heterocycles. The third-order valence-electron chi connectivity index (χ3n) is 4.14. The number of aromatic nitrogens is 2. The van der Waals surface area contributed by atoms with Crippen LogP contribution in [0.15, 0.2) is 6.20 Å². The van der Waals surface area contributed by atoms with E-state index in [1.807, 2.05) is 17.9 Å². The van der Waals surface area contributed by atoms with Crippen molar-refractivity contribution in [2.45, 2.75) is 56.9 Å². The minimum atomic E-state index is -2.91. The molecule has 2 atom stereocenters. The van der Waals surface area contributed by atoms with Crippen LogP contribution in [0, 0.1) is 0 Å². The van der Waals surface area contributed by atoms with Crippen molar-refractivity contribution < 1.29 is 8.42 Å². The van der Waals surface area contributed by atoms with Gasteiger partial charge >= 0.3 is 0 Å². The summed E-state index contributed by atoms with van der Waals surface area (Å²) in [7, 11) is -0.973. The van der Waals surface area contributed by atoms with Crippen molar-refractivity contribution >= 4 is 9.84 Å². The topological polar surface area (TPSA) is 64.0 Å². The average molecular weight is 299 g/mol. The Labute approximate surface area is 121 Å². The molecule has 20 heavy (non-hydrogen) atoms. The number of rotatable bonds is 5. The molecule has 114 valence electrons. The van der Waals surface area contributed by atoms with Gasteiger partial charge in [0, 0.05) is 37.7 Å². The van der Waals surface area contributed by atoms with Crippen molar-refractivity contribution in [3.8, 4) is 0 Å². The van der Waals surface area contributed by atoms with Gasteiger partial charge in [0.05, 0.1) is 10.9 Å². The van der Waals surface area contributed by atoms with Crippen molar-refractivity contribution in [1.29, 1.82) is 0 Å². The quantitative estimate of drug-likeness (QED) is 0.893. The van der Waals surface area contributed by atoms with E-state index in [1.165, 1.54) is 11.8 Å². The van der Waals surface area contributed by atoms with Crippen LogP contribution in [0.3, 0.4) is 0 Å². The summed E-state index contributed by atoms with van der Waals surface area (Å²) >= 11 is 0. The van der Waals surface area contributed by atoms with E-state index in [0.29, 0.717) is 6.04 Å². The molecule has 1 saturated carbocycles. The van der Waals surface area contributed by atoms with Gasteiger partial charge in [0.15, 0.2) is 0 Å². The molecule has 1 heterocycles. The van der Waals surface area contributed by atoms with E-state index >= 15 is 0 Å². The minimum absolute atomic E-state index is 0.173. The van der Waals surface area contributed by atoms with E-state index in [-0.39, 0.29) is 5.25 Å². The third kappa shape index (κ3) is 3.82. The predicted octanol–water partition coefficient (Wildman–Crippen LogP) is 1.43. The fraction of sp³-hybridized carbons (Fsp3) is 0.786. The van der Waals surface area contributed by atoms with Crippen molar-refractivity contribution in [2.24, 2.45) is 7.05 Å². The zero-order chi connectivity index (χ0) is 14.8. The standard InChI is InChI=1S/C14H25N3O2S/c1-4-14-11(10-17(2)16-14)9-15-12-6-5-7-13(8-12)20(3,18)19/h10,12-13,15H,4-9H2,1-3H3. The first-order valence-corrected chi connectivity index (χ1v) is 9.29. The molecule has 1 aliphatic rings. The Morgan fingerprint density at radius 1 is 1.45 bits per heavy atom. The van der Waals surface area contributed by atoms with Gasteiger partial charge < -0.3 is 5.32 Å². The van der Waals surface area contributed by atoms with Gasteiger partial charge in [-0.25, -0.2) is 8.42 Å². The highest BCUT2D eigenvalue weighted by molar-refractivity contribution is 7.91. The summed E-state index contributed by atoms with van der Waals surface area (Å²) in [6.45, 7) is 2.88. The highest BCUT2D eigenvalue weighted by Crippen LogP contribution is 2.24. The lowest BCUT2D eigenvalue weighted by atomic mass is 9.95. The van der Waals surface area contributed by atoms with Crippen LogP contribution in [0.5, 0.6) is 0 Å². The molecule has 5 nitrogen and oxygen atoms in total. The van der Waals surface area contributed by atoms with Crippen LogP contribution < -0.4 is 5.32 Å². The van der Waals surface area contributed by atoms with Gasteiger partial charge in [-0.15, -0.1) is 0 Å². The summed E-state index contributed by atoms with van der Waals surface area (Å²) in [6.07, 6.45) is 7.93. The van der Waals surface area contributed by atoms with Gasteiger partial charge in [-0.05, 0) is 25.7 Å². The molecule has 0 aromatic carbocycles. The smallest absolute Gasteiger partial charge is 0.150 e. The molecule has 1 aliphatic carbocycles. The summed E-state index contributed by atoms with van der Waals surface area (Å²) < 4.78 is 25.2.